The normalized spacial score (nSPS) is 18.9. The number of rotatable bonds is 1. The highest BCUT2D eigenvalue weighted by Crippen LogP contribution is 2.28. The van der Waals surface area contributed by atoms with Crippen LogP contribution in [0.1, 0.15) is 5.56 Å². The Bertz CT molecular complexity index is 487. The van der Waals surface area contributed by atoms with Gasteiger partial charge >= 0.3 is 5.97 Å². The second-order valence-electron chi connectivity index (χ2n) is 3.50. The summed E-state index contributed by atoms with van der Waals surface area (Å²) in [6, 6.07) is 1.63. The van der Waals surface area contributed by atoms with Gasteiger partial charge in [-0.2, -0.15) is 0 Å². The van der Waals surface area contributed by atoms with Crippen molar-refractivity contribution in [3.8, 4) is 0 Å². The third-order valence-corrected chi connectivity index (χ3v) is 2.44. The topological polar surface area (TPSA) is 66.4 Å². The van der Waals surface area contributed by atoms with Gasteiger partial charge in [-0.3, -0.25) is 9.59 Å². The third-order valence-electron chi connectivity index (χ3n) is 2.44. The van der Waals surface area contributed by atoms with Crippen LogP contribution in [-0.4, -0.2) is 17.0 Å². The van der Waals surface area contributed by atoms with Crippen molar-refractivity contribution in [3.63, 3.8) is 0 Å². The van der Waals surface area contributed by atoms with Gasteiger partial charge in [-0.25, -0.2) is 8.78 Å². The summed E-state index contributed by atoms with van der Waals surface area (Å²) in [5.41, 5.74) is 0.0217. The summed E-state index contributed by atoms with van der Waals surface area (Å²) in [6.45, 7) is 0. The van der Waals surface area contributed by atoms with Gasteiger partial charge in [-0.05, 0) is 12.5 Å². The number of hydrogen-bond acceptors (Lipinski definition) is 2. The molecule has 0 aromatic heterocycles. The lowest BCUT2D eigenvalue weighted by molar-refractivity contribution is -0.145. The molecule has 0 saturated heterocycles. The Morgan fingerprint density at radius 2 is 2.12 bits per heavy atom. The Labute approximate surface area is 88.9 Å². The van der Waals surface area contributed by atoms with Gasteiger partial charge in [0.1, 0.15) is 17.6 Å². The van der Waals surface area contributed by atoms with E-state index in [2.05, 4.69) is 5.32 Å². The molecule has 1 unspecified atom stereocenters. The van der Waals surface area contributed by atoms with Gasteiger partial charge in [0, 0.05) is 17.3 Å². The second kappa shape index (κ2) is 3.55. The number of carbonyl (C=O) groups is 2. The first-order valence-corrected chi connectivity index (χ1v) is 4.50. The Morgan fingerprint density at radius 1 is 1.44 bits per heavy atom. The van der Waals surface area contributed by atoms with Gasteiger partial charge < -0.3 is 10.4 Å². The SMILES string of the molecule is O=C(O)C1Cc2c(F)cc(F)cc2NC1=O. The number of carboxylic acids is 1. The molecule has 1 heterocycles. The molecule has 1 aliphatic rings. The molecule has 0 radical (unpaired) electrons. The number of benzene rings is 1. The Morgan fingerprint density at radius 3 is 2.75 bits per heavy atom. The number of anilines is 1. The fourth-order valence-electron chi connectivity index (χ4n) is 1.64. The van der Waals surface area contributed by atoms with Crippen molar-refractivity contribution in [2.45, 2.75) is 6.42 Å². The summed E-state index contributed by atoms with van der Waals surface area (Å²) in [5.74, 6) is -5.07. The number of amides is 1. The zero-order valence-corrected chi connectivity index (χ0v) is 7.96. The molecule has 2 rings (SSSR count). The number of halogens is 2. The minimum atomic E-state index is -1.33. The molecule has 1 atom stereocenters. The first-order valence-electron chi connectivity index (χ1n) is 4.50. The van der Waals surface area contributed by atoms with Gasteiger partial charge in [0.25, 0.3) is 0 Å². The van der Waals surface area contributed by atoms with Crippen molar-refractivity contribution in [2.75, 3.05) is 5.32 Å². The van der Waals surface area contributed by atoms with E-state index in [1.165, 1.54) is 0 Å². The van der Waals surface area contributed by atoms with Gasteiger partial charge in [0.2, 0.25) is 5.91 Å². The summed E-state index contributed by atoms with van der Waals surface area (Å²) < 4.78 is 26.1. The minimum Gasteiger partial charge on any atom is -0.481 e. The van der Waals surface area contributed by atoms with Gasteiger partial charge in [0.05, 0.1) is 0 Å². The zero-order chi connectivity index (χ0) is 11.9. The molecule has 6 heteroatoms. The van der Waals surface area contributed by atoms with Crippen molar-refractivity contribution in [1.29, 1.82) is 0 Å². The first-order chi connectivity index (χ1) is 7.49. The highest BCUT2D eigenvalue weighted by Gasteiger charge is 2.33. The van der Waals surface area contributed by atoms with Crippen LogP contribution in [0.25, 0.3) is 0 Å². The van der Waals surface area contributed by atoms with Crippen LogP contribution >= 0.6 is 0 Å². The predicted molar refractivity (Wildman–Crippen MR) is 49.8 cm³/mol. The molecule has 1 aliphatic heterocycles. The average molecular weight is 227 g/mol. The number of nitrogens with one attached hydrogen (secondary N) is 1. The number of hydrogen-bond donors (Lipinski definition) is 2. The van der Waals surface area contributed by atoms with E-state index in [-0.39, 0.29) is 17.7 Å². The van der Waals surface area contributed by atoms with Crippen LogP contribution in [0.15, 0.2) is 12.1 Å². The maximum absolute atomic E-state index is 13.3. The molecule has 0 aliphatic carbocycles. The van der Waals surface area contributed by atoms with E-state index in [4.69, 9.17) is 5.11 Å². The van der Waals surface area contributed by atoms with E-state index < -0.39 is 29.4 Å². The summed E-state index contributed by atoms with van der Waals surface area (Å²) in [4.78, 5) is 22.0. The van der Waals surface area contributed by atoms with Crippen molar-refractivity contribution in [3.05, 3.63) is 29.3 Å². The average Bonchev–Trinajstić information content (AvgIpc) is 2.15. The molecule has 0 fully saturated rings. The van der Waals surface area contributed by atoms with E-state index in [0.29, 0.717) is 6.07 Å². The molecule has 84 valence electrons. The van der Waals surface area contributed by atoms with E-state index in [1.54, 1.807) is 0 Å². The maximum Gasteiger partial charge on any atom is 0.316 e. The quantitative estimate of drug-likeness (QED) is 0.707. The van der Waals surface area contributed by atoms with Crippen molar-refractivity contribution in [1.82, 2.24) is 0 Å². The molecule has 1 aromatic rings. The van der Waals surface area contributed by atoms with Crippen molar-refractivity contribution < 1.29 is 23.5 Å². The lowest BCUT2D eigenvalue weighted by Crippen LogP contribution is -2.35. The summed E-state index contributed by atoms with van der Waals surface area (Å²) in [6.07, 6.45) is -0.261. The second-order valence-corrected chi connectivity index (χ2v) is 3.50. The number of aliphatic carboxylic acids is 1. The fourth-order valence-corrected chi connectivity index (χ4v) is 1.64. The standard InChI is InChI=1S/C10H7F2NO3/c11-4-1-7(12)5-3-6(10(15)16)9(14)13-8(5)2-4/h1-2,6H,3H2,(H,13,14)(H,15,16). The smallest absolute Gasteiger partial charge is 0.316 e. The number of fused-ring (bicyclic) bond motifs is 1. The number of carbonyl (C=O) groups excluding carboxylic acids is 1. The van der Waals surface area contributed by atoms with Crippen LogP contribution in [0, 0.1) is 17.6 Å². The zero-order valence-electron chi connectivity index (χ0n) is 7.96. The van der Waals surface area contributed by atoms with Crippen LogP contribution in [0.4, 0.5) is 14.5 Å². The minimum absolute atomic E-state index is 0.000000000000000222. The molecular formula is C10H7F2NO3. The lowest BCUT2D eigenvalue weighted by atomic mass is 9.93. The van der Waals surface area contributed by atoms with E-state index in [1.807, 2.05) is 0 Å². The molecule has 4 nitrogen and oxygen atoms in total. The van der Waals surface area contributed by atoms with Crippen LogP contribution < -0.4 is 5.32 Å². The largest absolute Gasteiger partial charge is 0.481 e. The third kappa shape index (κ3) is 1.62. The first kappa shape index (κ1) is 10.5. The predicted octanol–water partition coefficient (Wildman–Crippen LogP) is 1.16. The van der Waals surface area contributed by atoms with Gasteiger partial charge in [-0.1, -0.05) is 0 Å². The molecule has 1 amide bonds. The van der Waals surface area contributed by atoms with Crippen LogP contribution in [0.2, 0.25) is 0 Å². The van der Waals surface area contributed by atoms with Crippen molar-refractivity contribution in [2.24, 2.45) is 5.92 Å². The molecule has 0 bridgehead atoms. The molecule has 0 saturated carbocycles. The fraction of sp³-hybridized carbons (Fsp3) is 0.200. The van der Waals surface area contributed by atoms with E-state index in [0.717, 1.165) is 6.07 Å². The van der Waals surface area contributed by atoms with Crippen LogP contribution in [0.3, 0.4) is 0 Å². The molecule has 2 N–H and O–H groups in total. The van der Waals surface area contributed by atoms with E-state index >= 15 is 0 Å². The monoisotopic (exact) mass is 227 g/mol. The van der Waals surface area contributed by atoms with Crippen LogP contribution in [0.5, 0.6) is 0 Å². The number of carboxylic acid groups (broad SMARTS) is 1. The maximum atomic E-state index is 13.3. The van der Waals surface area contributed by atoms with Crippen LogP contribution in [-0.2, 0) is 16.0 Å². The van der Waals surface area contributed by atoms with Gasteiger partial charge in [-0.15, -0.1) is 0 Å². The summed E-state index contributed by atoms with van der Waals surface area (Å²) in [7, 11) is 0. The molecular weight excluding hydrogens is 220 g/mol. The molecule has 16 heavy (non-hydrogen) atoms. The lowest BCUT2D eigenvalue weighted by Gasteiger charge is -2.22. The highest BCUT2D eigenvalue weighted by atomic mass is 19.1. The van der Waals surface area contributed by atoms with Gasteiger partial charge in [0.15, 0.2) is 0 Å². The highest BCUT2D eigenvalue weighted by molar-refractivity contribution is 6.06. The van der Waals surface area contributed by atoms with E-state index in [9.17, 15) is 18.4 Å². The summed E-state index contributed by atoms with van der Waals surface area (Å²) in [5, 5.41) is 10.9. The Kier molecular flexibility index (Phi) is 2.34. The summed E-state index contributed by atoms with van der Waals surface area (Å²) >= 11 is 0. The Hall–Kier alpha value is -1.98. The molecule has 0 spiro atoms. The van der Waals surface area contributed by atoms with Crippen molar-refractivity contribution >= 4 is 17.6 Å². The Balaban J connectivity index is 2.47. The molecule has 1 aromatic carbocycles.